The number of hydrogen-bond acceptors (Lipinski definition) is 4. The van der Waals surface area contributed by atoms with E-state index in [-0.39, 0.29) is 29.8 Å². The third-order valence-electron chi connectivity index (χ3n) is 7.96. The molecule has 1 aliphatic heterocycles. The molecule has 3 rings (SSSR count). The summed E-state index contributed by atoms with van der Waals surface area (Å²) >= 11 is 0. The fraction of sp³-hybridized carbons (Fsp3) is 0.656. The van der Waals surface area contributed by atoms with Crippen molar-refractivity contribution < 1.29 is 19.7 Å². The van der Waals surface area contributed by atoms with E-state index in [9.17, 15) is 15.0 Å². The summed E-state index contributed by atoms with van der Waals surface area (Å²) in [5.74, 6) is 7.15. The minimum absolute atomic E-state index is 0.0411. The Morgan fingerprint density at radius 2 is 1.95 bits per heavy atom. The molecule has 2 aliphatic rings. The summed E-state index contributed by atoms with van der Waals surface area (Å²) in [5.41, 5.74) is 2.30. The van der Waals surface area contributed by atoms with Crippen LogP contribution in [0.3, 0.4) is 0 Å². The fourth-order valence-electron chi connectivity index (χ4n) is 5.63. The highest BCUT2D eigenvalue weighted by atomic mass is 16.5. The van der Waals surface area contributed by atoms with Gasteiger partial charge in [0.05, 0.1) is 12.2 Å². The molecule has 5 heteroatoms. The number of aliphatic hydroxyl groups excluding tert-OH is 2. The molecule has 0 aromatic heterocycles. The van der Waals surface area contributed by atoms with E-state index in [0.29, 0.717) is 19.3 Å². The second kappa shape index (κ2) is 14.6. The molecule has 5 nitrogen and oxygen atoms in total. The molecule has 1 saturated carbocycles. The highest BCUT2D eigenvalue weighted by Gasteiger charge is 2.48. The normalized spacial score (nSPS) is 23.6. The zero-order valence-electron chi connectivity index (χ0n) is 23.3. The lowest BCUT2D eigenvalue weighted by molar-refractivity contribution is -0.131. The highest BCUT2D eigenvalue weighted by Crippen LogP contribution is 2.52. The average molecular weight is 510 g/mol. The van der Waals surface area contributed by atoms with Gasteiger partial charge in [0.2, 0.25) is 5.91 Å². The van der Waals surface area contributed by atoms with E-state index < -0.39 is 12.2 Å². The van der Waals surface area contributed by atoms with Gasteiger partial charge in [0.15, 0.2) is 0 Å². The molecule has 6 atom stereocenters. The first-order chi connectivity index (χ1) is 17.9. The van der Waals surface area contributed by atoms with Crippen molar-refractivity contribution in [1.29, 1.82) is 0 Å². The summed E-state index contributed by atoms with van der Waals surface area (Å²) in [6.45, 7) is 9.85. The number of nitrogens with zero attached hydrogens (tertiary/aromatic N) is 1. The third-order valence-corrected chi connectivity index (χ3v) is 7.96. The molecule has 1 aromatic carbocycles. The number of aryl methyl sites for hydroxylation is 1. The first kappa shape index (κ1) is 29.3. The molecule has 1 aliphatic carbocycles. The predicted octanol–water partition coefficient (Wildman–Crippen LogP) is 5.63. The number of rotatable bonds is 14. The van der Waals surface area contributed by atoms with Gasteiger partial charge in [0.25, 0.3) is 0 Å². The quantitative estimate of drug-likeness (QED) is 0.252. The number of ether oxygens (including phenoxy) is 1. The summed E-state index contributed by atoms with van der Waals surface area (Å²) in [6, 6.07) is 6.29. The molecule has 1 aromatic rings. The van der Waals surface area contributed by atoms with Crippen molar-refractivity contribution in [2.75, 3.05) is 13.1 Å². The van der Waals surface area contributed by atoms with Crippen molar-refractivity contribution in [3.63, 3.8) is 0 Å². The molecule has 0 spiro atoms. The summed E-state index contributed by atoms with van der Waals surface area (Å²) < 4.78 is 6.41. The number of amides is 1. The molecule has 0 bridgehead atoms. The molecule has 2 N–H and O–H groups in total. The van der Waals surface area contributed by atoms with Crippen LogP contribution in [0.2, 0.25) is 0 Å². The van der Waals surface area contributed by atoms with Crippen LogP contribution in [0.5, 0.6) is 5.75 Å². The zero-order valence-corrected chi connectivity index (χ0v) is 23.3. The van der Waals surface area contributed by atoms with Gasteiger partial charge in [-0.15, -0.1) is 11.8 Å². The Morgan fingerprint density at radius 3 is 2.62 bits per heavy atom. The number of carbonyl (C=O) groups excluding carboxylic acids is 1. The lowest BCUT2D eigenvalue weighted by atomic mass is 9.86. The monoisotopic (exact) mass is 509 g/mol. The van der Waals surface area contributed by atoms with Crippen LogP contribution < -0.4 is 4.74 Å². The number of carbonyl (C=O) groups is 1. The van der Waals surface area contributed by atoms with Gasteiger partial charge < -0.3 is 19.8 Å². The second-order valence-electron chi connectivity index (χ2n) is 10.8. The van der Waals surface area contributed by atoms with Gasteiger partial charge in [-0.1, -0.05) is 64.0 Å². The van der Waals surface area contributed by atoms with E-state index in [2.05, 4.69) is 43.9 Å². The van der Waals surface area contributed by atoms with E-state index in [4.69, 9.17) is 4.74 Å². The van der Waals surface area contributed by atoms with Crippen LogP contribution >= 0.6 is 0 Å². The van der Waals surface area contributed by atoms with Crippen LogP contribution in [-0.2, 0) is 11.2 Å². The minimum atomic E-state index is -0.591. The summed E-state index contributed by atoms with van der Waals surface area (Å²) in [6.07, 6.45) is 10.4. The fourth-order valence-corrected chi connectivity index (χ4v) is 5.63. The van der Waals surface area contributed by atoms with Crippen LogP contribution in [0, 0.1) is 23.7 Å². The van der Waals surface area contributed by atoms with E-state index >= 15 is 0 Å². The van der Waals surface area contributed by atoms with Crippen molar-refractivity contribution in [2.24, 2.45) is 11.8 Å². The van der Waals surface area contributed by atoms with Crippen LogP contribution in [-0.4, -0.2) is 52.4 Å². The number of benzene rings is 1. The van der Waals surface area contributed by atoms with Gasteiger partial charge in [-0.3, -0.25) is 4.79 Å². The van der Waals surface area contributed by atoms with Gasteiger partial charge in [-0.05, 0) is 44.1 Å². The molecule has 0 radical (unpaired) electrons. The topological polar surface area (TPSA) is 70.0 Å². The summed E-state index contributed by atoms with van der Waals surface area (Å²) in [7, 11) is 0. The Morgan fingerprint density at radius 1 is 1.22 bits per heavy atom. The second-order valence-corrected chi connectivity index (χ2v) is 10.8. The Labute approximate surface area is 224 Å². The predicted molar refractivity (Wildman–Crippen MR) is 149 cm³/mol. The highest BCUT2D eigenvalue weighted by molar-refractivity contribution is 5.76. The molecule has 204 valence electrons. The van der Waals surface area contributed by atoms with Crippen molar-refractivity contribution in [2.45, 2.75) is 110 Å². The van der Waals surface area contributed by atoms with Crippen LogP contribution in [0.1, 0.15) is 96.1 Å². The number of para-hydroxylation sites is 1. The number of unbranched alkanes of at least 4 members (excludes halogenated alkanes) is 2. The molecular weight excluding hydrogens is 462 g/mol. The number of fused-ring (bicyclic) bond motifs is 3. The Kier molecular flexibility index (Phi) is 11.5. The lowest BCUT2D eigenvalue weighted by Gasteiger charge is -2.22. The number of hydrogen-bond donors (Lipinski definition) is 2. The first-order valence-electron chi connectivity index (χ1n) is 14.4. The smallest absolute Gasteiger partial charge is 0.222 e. The number of aliphatic hydroxyl groups is 2. The van der Waals surface area contributed by atoms with Crippen molar-refractivity contribution >= 4 is 5.91 Å². The third kappa shape index (κ3) is 7.62. The van der Waals surface area contributed by atoms with Crippen molar-refractivity contribution in [1.82, 2.24) is 4.90 Å². The largest absolute Gasteiger partial charge is 0.489 e. The molecular formula is C32H47NO4. The molecule has 1 amide bonds. The van der Waals surface area contributed by atoms with Gasteiger partial charge in [0, 0.05) is 49.8 Å². The van der Waals surface area contributed by atoms with E-state index in [0.717, 1.165) is 68.5 Å². The summed E-state index contributed by atoms with van der Waals surface area (Å²) in [5, 5.41) is 21.3. The average Bonchev–Trinajstić information content (AvgIpc) is 3.40. The zero-order chi connectivity index (χ0) is 26.8. The lowest BCUT2D eigenvalue weighted by Crippen LogP contribution is -2.32. The molecule has 0 saturated heterocycles. The molecule has 0 unspecified atom stereocenters. The maximum atomic E-state index is 12.9. The standard InChI is InChI=1S/C32H47NO4/c1-5-8-13-23(4)27(34)19-18-25-28(35)22-29-31(25)26-16-11-14-24(32(26)37-29)15-12-17-30(36)33(20-9-6-2)21-10-7-3/h11,14,16,18-19,23,25,27-29,31,34-35H,6-7,9-10,12-13,15,17,20-22H2,1-4H3/t23-,25-,27+,28+,29-,31-/m0/s1. The minimum Gasteiger partial charge on any atom is -0.489 e. The van der Waals surface area contributed by atoms with E-state index in [1.54, 1.807) is 0 Å². The summed E-state index contributed by atoms with van der Waals surface area (Å²) in [4.78, 5) is 14.9. The Balaban J connectivity index is 1.64. The first-order valence-corrected chi connectivity index (χ1v) is 14.4. The van der Waals surface area contributed by atoms with Crippen molar-refractivity contribution in [3.8, 4) is 17.6 Å². The molecule has 1 fully saturated rings. The van der Waals surface area contributed by atoms with Crippen LogP contribution in [0.15, 0.2) is 30.4 Å². The van der Waals surface area contributed by atoms with Gasteiger partial charge in [0.1, 0.15) is 11.9 Å². The maximum Gasteiger partial charge on any atom is 0.222 e. The van der Waals surface area contributed by atoms with E-state index in [1.807, 2.05) is 30.9 Å². The van der Waals surface area contributed by atoms with Gasteiger partial charge in [-0.25, -0.2) is 0 Å². The molecule has 37 heavy (non-hydrogen) atoms. The van der Waals surface area contributed by atoms with Crippen molar-refractivity contribution in [3.05, 3.63) is 41.5 Å². The molecule has 1 heterocycles. The van der Waals surface area contributed by atoms with Crippen LogP contribution in [0.25, 0.3) is 0 Å². The van der Waals surface area contributed by atoms with Gasteiger partial charge >= 0.3 is 0 Å². The van der Waals surface area contributed by atoms with E-state index in [1.165, 1.54) is 0 Å². The maximum absolute atomic E-state index is 12.9. The van der Waals surface area contributed by atoms with Crippen LogP contribution in [0.4, 0.5) is 0 Å². The SMILES string of the molecule is CC#CC[C@H](C)[C@H](O)C=C[C@@H]1[C@H]2c3cccc(CCCC(=O)N(CCCC)CCCC)c3O[C@H]2C[C@H]1O. The Bertz CT molecular complexity index is 953. The van der Waals surface area contributed by atoms with Gasteiger partial charge in [-0.2, -0.15) is 0 Å². The Hall–Kier alpha value is -2.29.